The van der Waals surface area contributed by atoms with Crippen molar-refractivity contribution in [1.82, 2.24) is 15.1 Å². The smallest absolute Gasteiger partial charge is 0.416 e. The molecular weight excluding hydrogens is 526 g/mol. The van der Waals surface area contributed by atoms with Gasteiger partial charge in [0.1, 0.15) is 5.82 Å². The maximum Gasteiger partial charge on any atom is 0.416 e. The van der Waals surface area contributed by atoms with Crippen LogP contribution in [0.25, 0.3) is 22.0 Å². The Hall–Kier alpha value is -4.99. The number of carbonyl (C=O) groups excluding carboxylic acids is 1. The van der Waals surface area contributed by atoms with Gasteiger partial charge in [0, 0.05) is 11.9 Å². The SMILES string of the molecule is O=C(O)c1ccc(CNC(=O)c2cc(-c3ccc(F)cc3)cc3cnn(Cc4cccc(C(F)(F)F)c4)c23)cc1. The number of carboxylic acid groups (broad SMARTS) is 1. The van der Waals surface area contributed by atoms with Crippen LogP contribution in [-0.2, 0) is 19.3 Å². The fourth-order valence-corrected chi connectivity index (χ4v) is 4.40. The van der Waals surface area contributed by atoms with Crippen LogP contribution in [0.5, 0.6) is 0 Å². The maximum absolute atomic E-state index is 13.5. The number of halogens is 4. The van der Waals surface area contributed by atoms with Gasteiger partial charge in [0.2, 0.25) is 0 Å². The molecule has 0 saturated heterocycles. The summed E-state index contributed by atoms with van der Waals surface area (Å²) in [5.74, 6) is -1.95. The molecule has 1 amide bonds. The Kier molecular flexibility index (Phi) is 7.08. The molecule has 0 atom stereocenters. The van der Waals surface area contributed by atoms with E-state index in [9.17, 15) is 27.2 Å². The van der Waals surface area contributed by atoms with Crippen LogP contribution < -0.4 is 5.32 Å². The third kappa shape index (κ3) is 5.70. The van der Waals surface area contributed by atoms with Crippen molar-refractivity contribution in [3.05, 3.63) is 125 Å². The summed E-state index contributed by atoms with van der Waals surface area (Å²) in [4.78, 5) is 24.6. The molecule has 1 heterocycles. The van der Waals surface area contributed by atoms with Crippen LogP contribution in [-0.4, -0.2) is 26.8 Å². The fraction of sp³-hybridized carbons (Fsp3) is 0.100. The zero-order chi connectivity index (χ0) is 28.4. The molecule has 6 nitrogen and oxygen atoms in total. The van der Waals surface area contributed by atoms with Gasteiger partial charge in [-0.05, 0) is 70.8 Å². The van der Waals surface area contributed by atoms with Gasteiger partial charge < -0.3 is 10.4 Å². The van der Waals surface area contributed by atoms with E-state index >= 15 is 0 Å². The molecule has 10 heteroatoms. The first-order valence-electron chi connectivity index (χ1n) is 12.1. The van der Waals surface area contributed by atoms with E-state index in [0.29, 0.717) is 33.2 Å². The van der Waals surface area contributed by atoms with Crippen molar-refractivity contribution in [3.8, 4) is 11.1 Å². The number of hydrogen-bond acceptors (Lipinski definition) is 3. The van der Waals surface area contributed by atoms with E-state index in [1.165, 1.54) is 41.2 Å². The van der Waals surface area contributed by atoms with Crippen LogP contribution in [0.15, 0.2) is 91.1 Å². The van der Waals surface area contributed by atoms with Crippen LogP contribution in [0.3, 0.4) is 0 Å². The van der Waals surface area contributed by atoms with Crippen molar-refractivity contribution >= 4 is 22.8 Å². The molecule has 0 spiro atoms. The van der Waals surface area contributed by atoms with Gasteiger partial charge in [-0.1, -0.05) is 36.4 Å². The molecule has 4 aromatic carbocycles. The highest BCUT2D eigenvalue weighted by Crippen LogP contribution is 2.31. The standard InChI is InChI=1S/C30H21F4N3O3/c31-25-10-8-20(9-11-25)22-13-23-16-36-37(17-19-2-1-3-24(12-19)30(32,33)34)27(23)26(14-22)28(38)35-15-18-4-6-21(7-5-18)29(39)40/h1-14,16H,15,17H2,(H,35,38)(H,39,40). The molecule has 0 bridgehead atoms. The number of alkyl halides is 3. The van der Waals surface area contributed by atoms with Gasteiger partial charge in [0.25, 0.3) is 5.91 Å². The predicted molar refractivity (Wildman–Crippen MR) is 140 cm³/mol. The molecule has 2 N–H and O–H groups in total. The molecule has 202 valence electrons. The third-order valence-corrected chi connectivity index (χ3v) is 6.40. The van der Waals surface area contributed by atoms with Crippen molar-refractivity contribution in [2.24, 2.45) is 0 Å². The summed E-state index contributed by atoms with van der Waals surface area (Å²) in [6.45, 7) is 0.0863. The average molecular weight is 548 g/mol. The lowest BCUT2D eigenvalue weighted by molar-refractivity contribution is -0.137. The quantitative estimate of drug-likeness (QED) is 0.227. The van der Waals surface area contributed by atoms with Gasteiger partial charge in [-0.3, -0.25) is 9.48 Å². The Morgan fingerprint density at radius 2 is 1.60 bits per heavy atom. The van der Waals surface area contributed by atoms with E-state index in [-0.39, 0.29) is 24.2 Å². The second-order valence-electron chi connectivity index (χ2n) is 9.15. The lowest BCUT2D eigenvalue weighted by atomic mass is 9.99. The summed E-state index contributed by atoms with van der Waals surface area (Å²) in [5, 5.41) is 16.8. The van der Waals surface area contributed by atoms with Crippen molar-refractivity contribution in [2.45, 2.75) is 19.3 Å². The monoisotopic (exact) mass is 547 g/mol. The Balaban J connectivity index is 1.52. The zero-order valence-electron chi connectivity index (χ0n) is 20.7. The summed E-state index contributed by atoms with van der Waals surface area (Å²) in [5.41, 5.74) is 2.28. The first-order chi connectivity index (χ1) is 19.1. The van der Waals surface area contributed by atoms with E-state index in [0.717, 1.165) is 12.1 Å². The number of aromatic nitrogens is 2. The number of carboxylic acids is 1. The van der Waals surface area contributed by atoms with E-state index in [1.54, 1.807) is 42.5 Å². The van der Waals surface area contributed by atoms with Crippen LogP contribution in [0.4, 0.5) is 17.6 Å². The van der Waals surface area contributed by atoms with Gasteiger partial charge in [-0.15, -0.1) is 0 Å². The summed E-state index contributed by atoms with van der Waals surface area (Å²) in [7, 11) is 0. The molecule has 40 heavy (non-hydrogen) atoms. The second kappa shape index (κ2) is 10.6. The van der Waals surface area contributed by atoms with Crippen LogP contribution in [0, 0.1) is 5.82 Å². The Labute approximate surface area is 225 Å². The third-order valence-electron chi connectivity index (χ3n) is 6.40. The molecule has 0 aliphatic heterocycles. The normalized spacial score (nSPS) is 11.5. The molecular formula is C30H21F4N3O3. The predicted octanol–water partition coefficient (Wildman–Crippen LogP) is 6.54. The number of carbonyl (C=O) groups is 2. The number of nitrogens with zero attached hydrogens (tertiary/aromatic N) is 2. The second-order valence-corrected chi connectivity index (χ2v) is 9.15. The topological polar surface area (TPSA) is 84.2 Å². The number of hydrogen-bond donors (Lipinski definition) is 2. The highest BCUT2D eigenvalue weighted by Gasteiger charge is 2.30. The molecule has 0 unspecified atom stereocenters. The first kappa shape index (κ1) is 26.6. The summed E-state index contributed by atoms with van der Waals surface area (Å²) in [6, 6.07) is 20.1. The van der Waals surface area contributed by atoms with Crippen LogP contribution >= 0.6 is 0 Å². The van der Waals surface area contributed by atoms with Crippen molar-refractivity contribution in [3.63, 3.8) is 0 Å². The zero-order valence-corrected chi connectivity index (χ0v) is 20.7. The van der Waals surface area contributed by atoms with Crippen LogP contribution in [0.2, 0.25) is 0 Å². The Morgan fingerprint density at radius 3 is 2.27 bits per heavy atom. The van der Waals surface area contributed by atoms with Gasteiger partial charge >= 0.3 is 12.1 Å². The number of fused-ring (bicyclic) bond motifs is 1. The highest BCUT2D eigenvalue weighted by atomic mass is 19.4. The van der Waals surface area contributed by atoms with Crippen molar-refractivity contribution in [2.75, 3.05) is 0 Å². The molecule has 1 aromatic heterocycles. The number of nitrogens with one attached hydrogen (secondary N) is 1. The van der Waals surface area contributed by atoms with E-state index in [4.69, 9.17) is 5.11 Å². The maximum atomic E-state index is 13.5. The molecule has 0 saturated carbocycles. The Morgan fingerprint density at radius 1 is 0.875 bits per heavy atom. The van der Waals surface area contributed by atoms with Crippen molar-refractivity contribution < 1.29 is 32.3 Å². The minimum Gasteiger partial charge on any atom is -0.478 e. The van der Waals surface area contributed by atoms with Crippen molar-refractivity contribution in [1.29, 1.82) is 0 Å². The minimum atomic E-state index is -4.50. The molecule has 0 radical (unpaired) electrons. The number of amides is 1. The van der Waals surface area contributed by atoms with Crippen LogP contribution in [0.1, 0.15) is 37.4 Å². The summed E-state index contributed by atoms with van der Waals surface area (Å²) < 4.78 is 54.8. The van der Waals surface area contributed by atoms with E-state index in [1.807, 2.05) is 0 Å². The van der Waals surface area contributed by atoms with Gasteiger partial charge in [-0.25, -0.2) is 9.18 Å². The van der Waals surface area contributed by atoms with Gasteiger partial charge in [-0.2, -0.15) is 18.3 Å². The number of benzene rings is 4. The Bertz CT molecular complexity index is 1710. The van der Waals surface area contributed by atoms with E-state index < -0.39 is 29.4 Å². The number of rotatable bonds is 7. The van der Waals surface area contributed by atoms with E-state index in [2.05, 4.69) is 10.4 Å². The lowest BCUT2D eigenvalue weighted by Gasteiger charge is -2.13. The number of aromatic carboxylic acids is 1. The largest absolute Gasteiger partial charge is 0.478 e. The lowest BCUT2D eigenvalue weighted by Crippen LogP contribution is -2.24. The fourth-order valence-electron chi connectivity index (χ4n) is 4.40. The highest BCUT2D eigenvalue weighted by molar-refractivity contribution is 6.07. The van der Waals surface area contributed by atoms with Gasteiger partial charge in [0.05, 0.1) is 34.9 Å². The average Bonchev–Trinajstić information content (AvgIpc) is 3.34. The summed E-state index contributed by atoms with van der Waals surface area (Å²) in [6.07, 6.45) is -2.97. The minimum absolute atomic E-state index is 0.0136. The molecule has 0 fully saturated rings. The first-order valence-corrected chi connectivity index (χ1v) is 12.1. The summed E-state index contributed by atoms with van der Waals surface area (Å²) >= 11 is 0. The molecule has 0 aliphatic carbocycles. The molecule has 0 aliphatic rings. The molecule has 5 aromatic rings. The molecule has 5 rings (SSSR count). The van der Waals surface area contributed by atoms with Gasteiger partial charge in [0.15, 0.2) is 0 Å².